The van der Waals surface area contributed by atoms with Gasteiger partial charge in [0.2, 0.25) is 0 Å². The lowest BCUT2D eigenvalue weighted by atomic mass is 9.86. The first-order chi connectivity index (χ1) is 6.88. The smallest absolute Gasteiger partial charge is 0.0507 e. The SMILES string of the molecule is Cc1ccc(C(C)C)cc1C(C)(N)CN. The average molecular weight is 206 g/mol. The zero-order valence-corrected chi connectivity index (χ0v) is 10.2. The Morgan fingerprint density at radius 2 is 1.93 bits per heavy atom. The molecule has 0 saturated heterocycles. The standard InChI is InChI=1S/C13H22N2/c1-9(2)11-6-5-10(3)12(7-11)13(4,15)8-14/h5-7,9H,8,14-15H2,1-4H3. The highest BCUT2D eigenvalue weighted by Crippen LogP contribution is 2.25. The summed E-state index contributed by atoms with van der Waals surface area (Å²) in [5.41, 5.74) is 15.2. The van der Waals surface area contributed by atoms with E-state index in [9.17, 15) is 0 Å². The van der Waals surface area contributed by atoms with Gasteiger partial charge in [0.25, 0.3) is 0 Å². The molecule has 0 fully saturated rings. The Balaban J connectivity index is 3.22. The minimum absolute atomic E-state index is 0.422. The maximum Gasteiger partial charge on any atom is 0.0507 e. The van der Waals surface area contributed by atoms with E-state index in [0.717, 1.165) is 5.56 Å². The van der Waals surface area contributed by atoms with Gasteiger partial charge in [-0.05, 0) is 36.5 Å². The van der Waals surface area contributed by atoms with Crippen LogP contribution < -0.4 is 11.5 Å². The van der Waals surface area contributed by atoms with Gasteiger partial charge in [0.1, 0.15) is 0 Å². The second kappa shape index (κ2) is 4.33. The lowest BCUT2D eigenvalue weighted by Gasteiger charge is -2.26. The van der Waals surface area contributed by atoms with Crippen molar-refractivity contribution in [3.8, 4) is 0 Å². The van der Waals surface area contributed by atoms with Crippen molar-refractivity contribution in [1.82, 2.24) is 0 Å². The number of hydrogen-bond donors (Lipinski definition) is 2. The summed E-state index contributed by atoms with van der Waals surface area (Å²) in [6, 6.07) is 6.48. The molecule has 2 heteroatoms. The Kier molecular flexibility index (Phi) is 3.53. The predicted molar refractivity (Wildman–Crippen MR) is 65.9 cm³/mol. The quantitative estimate of drug-likeness (QED) is 0.797. The van der Waals surface area contributed by atoms with Crippen molar-refractivity contribution >= 4 is 0 Å². The van der Waals surface area contributed by atoms with E-state index >= 15 is 0 Å². The zero-order chi connectivity index (χ0) is 11.6. The fourth-order valence-corrected chi connectivity index (χ4v) is 1.72. The lowest BCUT2D eigenvalue weighted by Crippen LogP contribution is -2.41. The van der Waals surface area contributed by atoms with E-state index < -0.39 is 5.54 Å². The molecule has 0 saturated carbocycles. The molecule has 0 aliphatic heterocycles. The molecule has 4 N–H and O–H groups in total. The monoisotopic (exact) mass is 206 g/mol. The first-order valence-corrected chi connectivity index (χ1v) is 5.48. The summed E-state index contributed by atoms with van der Waals surface area (Å²) in [6.45, 7) is 8.91. The van der Waals surface area contributed by atoms with Gasteiger partial charge in [0, 0.05) is 6.54 Å². The van der Waals surface area contributed by atoms with Crippen molar-refractivity contribution in [3.63, 3.8) is 0 Å². The molecule has 1 atom stereocenters. The summed E-state index contributed by atoms with van der Waals surface area (Å²) in [7, 11) is 0. The summed E-state index contributed by atoms with van der Waals surface area (Å²) in [5, 5.41) is 0. The van der Waals surface area contributed by atoms with Gasteiger partial charge in [-0.15, -0.1) is 0 Å². The summed E-state index contributed by atoms with van der Waals surface area (Å²) < 4.78 is 0. The molecule has 0 amide bonds. The Bertz CT molecular complexity index is 340. The molecule has 1 unspecified atom stereocenters. The van der Waals surface area contributed by atoms with Crippen LogP contribution in [-0.2, 0) is 5.54 Å². The molecule has 1 aromatic carbocycles. The second-order valence-electron chi connectivity index (χ2n) is 4.85. The number of rotatable bonds is 3. The Labute approximate surface area is 92.7 Å². The van der Waals surface area contributed by atoms with Gasteiger partial charge in [-0.1, -0.05) is 32.0 Å². The van der Waals surface area contributed by atoms with E-state index in [1.165, 1.54) is 11.1 Å². The molecule has 1 rings (SSSR count). The first kappa shape index (κ1) is 12.2. The molecule has 2 nitrogen and oxygen atoms in total. The van der Waals surface area contributed by atoms with Gasteiger partial charge < -0.3 is 11.5 Å². The molecule has 0 spiro atoms. The van der Waals surface area contributed by atoms with Gasteiger partial charge in [-0.25, -0.2) is 0 Å². The fraction of sp³-hybridized carbons (Fsp3) is 0.538. The van der Waals surface area contributed by atoms with Gasteiger partial charge in [0.05, 0.1) is 5.54 Å². The molecule has 0 aliphatic carbocycles. The summed E-state index contributed by atoms with van der Waals surface area (Å²) in [6.07, 6.45) is 0. The van der Waals surface area contributed by atoms with Crippen LogP contribution in [0.3, 0.4) is 0 Å². The molecule has 15 heavy (non-hydrogen) atoms. The van der Waals surface area contributed by atoms with Crippen LogP contribution in [0.1, 0.15) is 43.4 Å². The third-order valence-corrected chi connectivity index (χ3v) is 2.97. The highest BCUT2D eigenvalue weighted by Gasteiger charge is 2.21. The van der Waals surface area contributed by atoms with E-state index in [-0.39, 0.29) is 0 Å². The number of benzene rings is 1. The number of hydrogen-bond acceptors (Lipinski definition) is 2. The number of nitrogens with two attached hydrogens (primary N) is 2. The second-order valence-corrected chi connectivity index (χ2v) is 4.85. The molecule has 0 radical (unpaired) electrons. The molecule has 0 heterocycles. The molecule has 0 bridgehead atoms. The van der Waals surface area contributed by atoms with Crippen molar-refractivity contribution in [2.24, 2.45) is 11.5 Å². The van der Waals surface area contributed by atoms with E-state index in [2.05, 4.69) is 39.0 Å². The van der Waals surface area contributed by atoms with Crippen LogP contribution in [-0.4, -0.2) is 6.54 Å². The predicted octanol–water partition coefficient (Wildman–Crippen LogP) is 2.25. The molecule has 1 aromatic rings. The molecule has 0 aliphatic rings. The van der Waals surface area contributed by atoms with E-state index in [4.69, 9.17) is 11.5 Å². The summed E-state index contributed by atoms with van der Waals surface area (Å²) >= 11 is 0. The largest absolute Gasteiger partial charge is 0.328 e. The van der Waals surface area contributed by atoms with Crippen LogP contribution in [0.5, 0.6) is 0 Å². The van der Waals surface area contributed by atoms with Gasteiger partial charge in [-0.2, -0.15) is 0 Å². The van der Waals surface area contributed by atoms with Crippen LogP contribution in [0.15, 0.2) is 18.2 Å². The maximum atomic E-state index is 6.18. The highest BCUT2D eigenvalue weighted by molar-refractivity contribution is 5.37. The van der Waals surface area contributed by atoms with Crippen LogP contribution in [0.4, 0.5) is 0 Å². The van der Waals surface area contributed by atoms with E-state index in [1.54, 1.807) is 0 Å². The minimum Gasteiger partial charge on any atom is -0.328 e. The molecular formula is C13H22N2. The van der Waals surface area contributed by atoms with Crippen LogP contribution in [0.25, 0.3) is 0 Å². The third-order valence-electron chi connectivity index (χ3n) is 2.97. The van der Waals surface area contributed by atoms with Gasteiger partial charge in [0.15, 0.2) is 0 Å². The van der Waals surface area contributed by atoms with Crippen molar-refractivity contribution in [3.05, 3.63) is 34.9 Å². The van der Waals surface area contributed by atoms with Crippen molar-refractivity contribution in [2.45, 2.75) is 39.2 Å². The Morgan fingerprint density at radius 3 is 2.40 bits per heavy atom. The van der Waals surface area contributed by atoms with Crippen LogP contribution in [0, 0.1) is 6.92 Å². The van der Waals surface area contributed by atoms with Crippen molar-refractivity contribution in [2.75, 3.05) is 6.54 Å². The lowest BCUT2D eigenvalue weighted by molar-refractivity contribution is 0.504. The van der Waals surface area contributed by atoms with Crippen molar-refractivity contribution < 1.29 is 0 Å². The average Bonchev–Trinajstić information content (AvgIpc) is 2.17. The van der Waals surface area contributed by atoms with Crippen molar-refractivity contribution in [1.29, 1.82) is 0 Å². The van der Waals surface area contributed by atoms with Crippen LogP contribution >= 0.6 is 0 Å². The summed E-state index contributed by atoms with van der Waals surface area (Å²) in [4.78, 5) is 0. The molecule has 0 aromatic heterocycles. The maximum absolute atomic E-state index is 6.18. The van der Waals surface area contributed by atoms with Crippen LogP contribution in [0.2, 0.25) is 0 Å². The normalized spacial score (nSPS) is 15.4. The fourth-order valence-electron chi connectivity index (χ4n) is 1.72. The third kappa shape index (κ3) is 2.58. The van der Waals surface area contributed by atoms with Gasteiger partial charge >= 0.3 is 0 Å². The molecule has 84 valence electrons. The van der Waals surface area contributed by atoms with Gasteiger partial charge in [-0.3, -0.25) is 0 Å². The summed E-state index contributed by atoms with van der Waals surface area (Å²) in [5.74, 6) is 0.526. The van der Waals surface area contributed by atoms with E-state index in [0.29, 0.717) is 12.5 Å². The molecular weight excluding hydrogens is 184 g/mol. The minimum atomic E-state index is -0.422. The Hall–Kier alpha value is -0.860. The topological polar surface area (TPSA) is 52.0 Å². The number of aryl methyl sites for hydroxylation is 1. The first-order valence-electron chi connectivity index (χ1n) is 5.48. The Morgan fingerprint density at radius 1 is 1.33 bits per heavy atom. The zero-order valence-electron chi connectivity index (χ0n) is 10.2. The highest BCUT2D eigenvalue weighted by atomic mass is 14.8. The van der Waals surface area contributed by atoms with E-state index in [1.807, 2.05) is 6.92 Å².